The van der Waals surface area contributed by atoms with E-state index in [1.165, 1.54) is 19.3 Å². The number of aromatic nitrogens is 3. The molecule has 1 saturated carbocycles. The van der Waals surface area contributed by atoms with Gasteiger partial charge in [-0.1, -0.05) is 37.5 Å². The number of pyridine rings is 1. The number of hydrogen-bond acceptors (Lipinski definition) is 4. The Kier molecular flexibility index (Phi) is 5.51. The summed E-state index contributed by atoms with van der Waals surface area (Å²) in [6.45, 7) is 5.78. The molecule has 1 aromatic carbocycles. The summed E-state index contributed by atoms with van der Waals surface area (Å²) in [5.74, 6) is 0.363. The second-order valence-corrected chi connectivity index (χ2v) is 7.91. The van der Waals surface area contributed by atoms with Crippen LogP contribution in [-0.2, 0) is 4.79 Å². The lowest BCUT2D eigenvalue weighted by Gasteiger charge is -2.24. The van der Waals surface area contributed by atoms with Crippen molar-refractivity contribution in [2.24, 2.45) is 0 Å². The third kappa shape index (κ3) is 4.11. The number of rotatable bonds is 5. The second kappa shape index (κ2) is 8.23. The van der Waals surface area contributed by atoms with Crippen LogP contribution in [0.4, 0.5) is 0 Å². The van der Waals surface area contributed by atoms with Gasteiger partial charge in [-0.05, 0) is 51.3 Å². The van der Waals surface area contributed by atoms with Gasteiger partial charge in [-0.15, -0.1) is 0 Å². The molecular formula is C23H28N4O2. The first-order chi connectivity index (χ1) is 14.0. The Balaban J connectivity index is 1.58. The highest BCUT2D eigenvalue weighted by atomic mass is 16.5. The quantitative estimate of drug-likeness (QED) is 0.705. The lowest BCUT2D eigenvalue weighted by Crippen LogP contribution is -2.43. The monoisotopic (exact) mass is 392 g/mol. The normalized spacial score (nSPS) is 16.0. The first-order valence-electron chi connectivity index (χ1n) is 10.4. The zero-order chi connectivity index (χ0) is 20.4. The summed E-state index contributed by atoms with van der Waals surface area (Å²) in [5.41, 5.74) is 3.63. The van der Waals surface area contributed by atoms with Gasteiger partial charge in [-0.2, -0.15) is 10.1 Å². The molecule has 0 aliphatic heterocycles. The van der Waals surface area contributed by atoms with E-state index in [0.29, 0.717) is 5.88 Å². The van der Waals surface area contributed by atoms with Gasteiger partial charge in [-0.25, -0.2) is 4.68 Å². The summed E-state index contributed by atoms with van der Waals surface area (Å²) in [7, 11) is 0. The van der Waals surface area contributed by atoms with Crippen molar-refractivity contribution in [2.75, 3.05) is 0 Å². The topological polar surface area (TPSA) is 69.0 Å². The molecular weight excluding hydrogens is 364 g/mol. The van der Waals surface area contributed by atoms with Gasteiger partial charge in [0.2, 0.25) is 5.88 Å². The standard InChI is InChI=1S/C23H28N4O2/c1-15-14-20(29-17(3)23(28)24-18-10-6-4-7-11-18)25-22-21(15)16(2)26-27(22)19-12-8-5-9-13-19/h5,8-9,12-14,17-18H,4,6-7,10-11H2,1-3H3,(H,24,28)/t17-/m0/s1. The summed E-state index contributed by atoms with van der Waals surface area (Å²) in [4.78, 5) is 17.3. The Morgan fingerprint density at radius 2 is 1.90 bits per heavy atom. The number of fused-ring (bicyclic) bond motifs is 1. The van der Waals surface area contributed by atoms with Crippen LogP contribution in [0.15, 0.2) is 36.4 Å². The highest BCUT2D eigenvalue weighted by Gasteiger charge is 2.22. The van der Waals surface area contributed by atoms with Crippen LogP contribution in [-0.4, -0.2) is 32.8 Å². The van der Waals surface area contributed by atoms with Crippen LogP contribution >= 0.6 is 0 Å². The van der Waals surface area contributed by atoms with Gasteiger partial charge in [0.25, 0.3) is 5.91 Å². The fourth-order valence-electron chi connectivity index (χ4n) is 4.08. The number of nitrogens with one attached hydrogen (secondary N) is 1. The molecule has 2 heterocycles. The third-order valence-electron chi connectivity index (χ3n) is 5.61. The molecule has 0 radical (unpaired) electrons. The van der Waals surface area contributed by atoms with Crippen molar-refractivity contribution in [3.8, 4) is 11.6 Å². The number of carbonyl (C=O) groups excluding carboxylic acids is 1. The van der Waals surface area contributed by atoms with E-state index in [-0.39, 0.29) is 11.9 Å². The fraction of sp³-hybridized carbons (Fsp3) is 0.435. The van der Waals surface area contributed by atoms with Gasteiger partial charge in [0.15, 0.2) is 11.8 Å². The molecule has 1 N–H and O–H groups in total. The first-order valence-corrected chi connectivity index (χ1v) is 10.4. The van der Waals surface area contributed by atoms with E-state index in [0.717, 1.165) is 40.8 Å². The van der Waals surface area contributed by atoms with E-state index in [9.17, 15) is 4.79 Å². The minimum atomic E-state index is -0.601. The first kappa shape index (κ1) is 19.4. The minimum absolute atomic E-state index is 0.0794. The maximum Gasteiger partial charge on any atom is 0.261 e. The number of benzene rings is 1. The van der Waals surface area contributed by atoms with Crippen LogP contribution in [0.1, 0.15) is 50.3 Å². The molecule has 29 heavy (non-hydrogen) atoms. The molecule has 1 aliphatic rings. The molecule has 0 spiro atoms. The van der Waals surface area contributed by atoms with Crippen molar-refractivity contribution < 1.29 is 9.53 Å². The smallest absolute Gasteiger partial charge is 0.261 e. The molecule has 6 nitrogen and oxygen atoms in total. The van der Waals surface area contributed by atoms with E-state index >= 15 is 0 Å². The van der Waals surface area contributed by atoms with E-state index in [1.54, 1.807) is 6.92 Å². The number of amides is 1. The number of ether oxygens (including phenoxy) is 1. The number of aryl methyl sites for hydroxylation is 2. The van der Waals surface area contributed by atoms with Crippen molar-refractivity contribution in [3.05, 3.63) is 47.7 Å². The maximum atomic E-state index is 12.6. The summed E-state index contributed by atoms with van der Waals surface area (Å²) in [6.07, 6.45) is 5.13. The van der Waals surface area contributed by atoms with Crippen LogP contribution < -0.4 is 10.1 Å². The van der Waals surface area contributed by atoms with Gasteiger partial charge < -0.3 is 10.1 Å². The Morgan fingerprint density at radius 1 is 1.17 bits per heavy atom. The molecule has 152 valence electrons. The van der Waals surface area contributed by atoms with E-state index in [1.807, 2.05) is 54.9 Å². The number of nitrogens with zero attached hydrogens (tertiary/aromatic N) is 3. The van der Waals surface area contributed by atoms with Crippen LogP contribution in [0, 0.1) is 13.8 Å². The van der Waals surface area contributed by atoms with E-state index in [4.69, 9.17) is 9.72 Å². The largest absolute Gasteiger partial charge is 0.464 e. The van der Waals surface area contributed by atoms with Gasteiger partial charge in [0, 0.05) is 17.5 Å². The molecule has 0 saturated heterocycles. The van der Waals surface area contributed by atoms with Gasteiger partial charge in [0.05, 0.1) is 11.4 Å². The van der Waals surface area contributed by atoms with Gasteiger partial charge in [0.1, 0.15) is 0 Å². The summed E-state index contributed by atoms with van der Waals surface area (Å²) >= 11 is 0. The Bertz CT molecular complexity index is 1010. The third-order valence-corrected chi connectivity index (χ3v) is 5.61. The summed E-state index contributed by atoms with van der Waals surface area (Å²) in [6, 6.07) is 12.1. The average Bonchev–Trinajstić information content (AvgIpc) is 3.06. The van der Waals surface area contributed by atoms with Crippen molar-refractivity contribution in [2.45, 2.75) is 65.0 Å². The number of hydrogen-bond donors (Lipinski definition) is 1. The predicted octanol–water partition coefficient (Wildman–Crippen LogP) is 4.25. The van der Waals surface area contributed by atoms with Crippen LogP contribution in [0.2, 0.25) is 0 Å². The molecule has 4 rings (SSSR count). The highest BCUT2D eigenvalue weighted by molar-refractivity contribution is 5.84. The fourth-order valence-corrected chi connectivity index (χ4v) is 4.08. The predicted molar refractivity (Wildman–Crippen MR) is 113 cm³/mol. The molecule has 1 atom stereocenters. The number of carbonyl (C=O) groups is 1. The molecule has 6 heteroatoms. The maximum absolute atomic E-state index is 12.6. The molecule has 2 aromatic heterocycles. The Labute approximate surface area is 171 Å². The second-order valence-electron chi connectivity index (χ2n) is 7.91. The Morgan fingerprint density at radius 3 is 2.62 bits per heavy atom. The van der Waals surface area contributed by atoms with Crippen molar-refractivity contribution in [1.82, 2.24) is 20.1 Å². The molecule has 1 amide bonds. The highest BCUT2D eigenvalue weighted by Crippen LogP contribution is 2.27. The van der Waals surface area contributed by atoms with Crippen LogP contribution in [0.25, 0.3) is 16.7 Å². The average molecular weight is 393 g/mol. The van der Waals surface area contributed by atoms with Crippen molar-refractivity contribution in [1.29, 1.82) is 0 Å². The zero-order valence-corrected chi connectivity index (χ0v) is 17.3. The van der Waals surface area contributed by atoms with Gasteiger partial charge >= 0.3 is 0 Å². The lowest BCUT2D eigenvalue weighted by molar-refractivity contribution is -0.128. The van der Waals surface area contributed by atoms with Crippen molar-refractivity contribution in [3.63, 3.8) is 0 Å². The zero-order valence-electron chi connectivity index (χ0n) is 17.3. The van der Waals surface area contributed by atoms with Crippen LogP contribution in [0.5, 0.6) is 5.88 Å². The summed E-state index contributed by atoms with van der Waals surface area (Å²) in [5, 5.41) is 8.81. The summed E-state index contributed by atoms with van der Waals surface area (Å²) < 4.78 is 7.77. The minimum Gasteiger partial charge on any atom is -0.464 e. The molecule has 1 fully saturated rings. The van der Waals surface area contributed by atoms with E-state index < -0.39 is 6.10 Å². The van der Waals surface area contributed by atoms with E-state index in [2.05, 4.69) is 10.4 Å². The van der Waals surface area contributed by atoms with Gasteiger partial charge in [-0.3, -0.25) is 4.79 Å². The molecule has 0 bridgehead atoms. The number of para-hydroxylation sites is 1. The van der Waals surface area contributed by atoms with Crippen LogP contribution in [0.3, 0.4) is 0 Å². The molecule has 0 unspecified atom stereocenters. The SMILES string of the molecule is Cc1cc(O[C@@H](C)C(=O)NC2CCCCC2)nc2c1c(C)nn2-c1ccccc1. The molecule has 3 aromatic rings. The van der Waals surface area contributed by atoms with Crippen molar-refractivity contribution >= 4 is 16.9 Å². The lowest BCUT2D eigenvalue weighted by atomic mass is 9.95. The Hall–Kier alpha value is -2.89. The molecule has 1 aliphatic carbocycles.